The maximum atomic E-state index is 11.8. The van der Waals surface area contributed by atoms with E-state index in [0.29, 0.717) is 29.0 Å². The number of benzene rings is 3. The van der Waals surface area contributed by atoms with Gasteiger partial charge in [-0.05, 0) is 86.3 Å². The summed E-state index contributed by atoms with van der Waals surface area (Å²) in [5.74, 6) is 1.05. The summed E-state index contributed by atoms with van der Waals surface area (Å²) in [6.45, 7) is 7.64. The number of hydrogen-bond donors (Lipinski definition) is 3. The zero-order chi connectivity index (χ0) is 31.4. The summed E-state index contributed by atoms with van der Waals surface area (Å²) in [6, 6.07) is 20.5. The minimum Gasteiger partial charge on any atom is -0.324 e. The first-order chi connectivity index (χ1) is 20.2. The fourth-order valence-corrected chi connectivity index (χ4v) is 5.12. The van der Waals surface area contributed by atoms with E-state index < -0.39 is 19.7 Å². The lowest BCUT2D eigenvalue weighted by molar-refractivity contribution is 0.600. The third-order valence-corrected chi connectivity index (χ3v) is 8.82. The van der Waals surface area contributed by atoms with Crippen LogP contribution in [0.1, 0.15) is 36.1 Å². The summed E-state index contributed by atoms with van der Waals surface area (Å²) >= 11 is 0. The van der Waals surface area contributed by atoms with Gasteiger partial charge >= 0.3 is 0 Å². The van der Waals surface area contributed by atoms with Crippen molar-refractivity contribution in [2.24, 2.45) is 10.2 Å². The Morgan fingerprint density at radius 2 is 1.07 bits per heavy atom. The van der Waals surface area contributed by atoms with E-state index in [9.17, 15) is 16.8 Å². The largest absolute Gasteiger partial charge is 0.324 e. The monoisotopic (exact) mass is 619 g/mol. The van der Waals surface area contributed by atoms with Gasteiger partial charge in [-0.3, -0.25) is 10.9 Å². The van der Waals surface area contributed by atoms with Gasteiger partial charge in [-0.1, -0.05) is 30.3 Å². The van der Waals surface area contributed by atoms with Crippen LogP contribution in [0, 0.1) is 13.8 Å². The quantitative estimate of drug-likeness (QED) is 0.158. The number of aromatic nitrogens is 2. The highest BCUT2D eigenvalue weighted by molar-refractivity contribution is 7.91. The molecule has 0 fully saturated rings. The highest BCUT2D eigenvalue weighted by Gasteiger charge is 2.10. The fraction of sp³-hybridized carbons (Fsp3) is 0.200. The van der Waals surface area contributed by atoms with Crippen LogP contribution in [0.2, 0.25) is 0 Å². The Bertz CT molecular complexity index is 1810. The van der Waals surface area contributed by atoms with Crippen molar-refractivity contribution in [1.29, 1.82) is 0 Å². The van der Waals surface area contributed by atoms with Crippen molar-refractivity contribution < 1.29 is 16.8 Å². The van der Waals surface area contributed by atoms with Gasteiger partial charge in [0.15, 0.2) is 31.3 Å². The maximum absolute atomic E-state index is 11.8. The molecule has 1 aromatic heterocycles. The number of nitrogens with one attached hydrogen (secondary N) is 3. The van der Waals surface area contributed by atoms with E-state index in [1.165, 1.54) is 24.3 Å². The van der Waals surface area contributed by atoms with E-state index >= 15 is 0 Å². The van der Waals surface area contributed by atoms with Crippen molar-refractivity contribution in [3.63, 3.8) is 0 Å². The first-order valence-electron chi connectivity index (χ1n) is 13.1. The molecule has 13 heteroatoms. The first-order valence-corrected chi connectivity index (χ1v) is 16.9. The van der Waals surface area contributed by atoms with Gasteiger partial charge < -0.3 is 5.32 Å². The molecule has 0 unspecified atom stereocenters. The van der Waals surface area contributed by atoms with Crippen molar-refractivity contribution >= 4 is 54.4 Å². The molecule has 0 aliphatic heterocycles. The predicted octanol–water partition coefficient (Wildman–Crippen LogP) is 5.32. The minimum atomic E-state index is -3.30. The molecule has 0 spiro atoms. The molecule has 0 atom stereocenters. The molecular formula is C30H33N7O4S2. The van der Waals surface area contributed by atoms with E-state index in [2.05, 4.69) is 36.3 Å². The first kappa shape index (κ1) is 31.3. The fourth-order valence-electron chi connectivity index (χ4n) is 3.86. The maximum Gasteiger partial charge on any atom is 0.231 e. The normalized spacial score (nSPS) is 12.6. The van der Waals surface area contributed by atoms with Gasteiger partial charge in [0.1, 0.15) is 0 Å². The zero-order valence-electron chi connectivity index (χ0n) is 24.7. The van der Waals surface area contributed by atoms with Crippen LogP contribution in [-0.2, 0) is 19.7 Å². The minimum absolute atomic E-state index is 0.229. The molecule has 0 aliphatic rings. The number of rotatable bonds is 10. The van der Waals surface area contributed by atoms with Crippen LogP contribution >= 0.6 is 0 Å². The number of aryl methyl sites for hydroxylation is 2. The van der Waals surface area contributed by atoms with Gasteiger partial charge in [0.2, 0.25) is 5.95 Å². The predicted molar refractivity (Wildman–Crippen MR) is 172 cm³/mol. The lowest BCUT2D eigenvalue weighted by Crippen LogP contribution is -2.07. The smallest absolute Gasteiger partial charge is 0.231 e. The Hall–Kier alpha value is -4.62. The SMILES string of the molecule is CC(=NNc1cc(NN=C(C)c2ccc(S(C)(=O)=O)cc2)nc(Nc2ccc(C)c(C)c2)n1)c1ccc(S(C)(=O)=O)cc1. The second-order valence-electron chi connectivity index (χ2n) is 10.1. The molecule has 3 aromatic carbocycles. The van der Waals surface area contributed by atoms with Gasteiger partial charge in [0.05, 0.1) is 21.2 Å². The summed E-state index contributed by atoms with van der Waals surface area (Å²) in [5.41, 5.74) is 11.7. The summed E-state index contributed by atoms with van der Waals surface area (Å²) in [4.78, 5) is 9.55. The van der Waals surface area contributed by atoms with Gasteiger partial charge in [0.25, 0.3) is 0 Å². The summed E-state index contributed by atoms with van der Waals surface area (Å²) < 4.78 is 47.1. The second-order valence-corrected chi connectivity index (χ2v) is 14.1. The topological polar surface area (TPSA) is 155 Å². The molecule has 43 heavy (non-hydrogen) atoms. The van der Waals surface area contributed by atoms with Crippen LogP contribution in [0.25, 0.3) is 0 Å². The number of anilines is 4. The van der Waals surface area contributed by atoms with E-state index in [4.69, 9.17) is 0 Å². The van der Waals surface area contributed by atoms with Crippen LogP contribution < -0.4 is 16.2 Å². The van der Waals surface area contributed by atoms with Crippen molar-refractivity contribution in [2.75, 3.05) is 28.7 Å². The molecule has 4 aromatic rings. The molecule has 0 aliphatic carbocycles. The van der Waals surface area contributed by atoms with Gasteiger partial charge in [-0.15, -0.1) is 0 Å². The van der Waals surface area contributed by atoms with Crippen molar-refractivity contribution in [1.82, 2.24) is 9.97 Å². The van der Waals surface area contributed by atoms with Crippen LogP contribution in [0.4, 0.5) is 23.3 Å². The second kappa shape index (κ2) is 12.7. The highest BCUT2D eigenvalue weighted by atomic mass is 32.2. The Kier molecular flexibility index (Phi) is 9.26. The summed E-state index contributed by atoms with van der Waals surface area (Å²) in [5, 5.41) is 12.1. The molecule has 0 amide bonds. The van der Waals surface area contributed by atoms with Crippen molar-refractivity contribution in [3.05, 3.63) is 95.1 Å². The molecule has 0 radical (unpaired) electrons. The number of nitrogens with zero attached hydrogens (tertiary/aromatic N) is 4. The zero-order valence-corrected chi connectivity index (χ0v) is 26.3. The summed E-state index contributed by atoms with van der Waals surface area (Å²) in [7, 11) is -6.60. The van der Waals surface area contributed by atoms with Crippen LogP contribution in [0.3, 0.4) is 0 Å². The average molecular weight is 620 g/mol. The molecule has 11 nitrogen and oxygen atoms in total. The Morgan fingerprint density at radius 3 is 1.47 bits per heavy atom. The third-order valence-electron chi connectivity index (χ3n) is 6.57. The number of hydrazone groups is 2. The third kappa shape index (κ3) is 8.46. The van der Waals surface area contributed by atoms with Gasteiger partial charge in [0, 0.05) is 24.3 Å². The van der Waals surface area contributed by atoms with E-state index in [-0.39, 0.29) is 9.79 Å². The van der Waals surface area contributed by atoms with E-state index in [1.807, 2.05) is 32.0 Å². The van der Waals surface area contributed by atoms with Crippen molar-refractivity contribution in [2.45, 2.75) is 37.5 Å². The van der Waals surface area contributed by atoms with E-state index in [0.717, 1.165) is 40.5 Å². The van der Waals surface area contributed by atoms with Gasteiger partial charge in [-0.25, -0.2) is 16.8 Å². The van der Waals surface area contributed by atoms with Crippen LogP contribution in [0.15, 0.2) is 92.8 Å². The molecule has 1 heterocycles. The molecule has 0 bridgehead atoms. The van der Waals surface area contributed by atoms with Gasteiger partial charge in [-0.2, -0.15) is 20.2 Å². The highest BCUT2D eigenvalue weighted by Crippen LogP contribution is 2.21. The standard InChI is InChI=1S/C30H33N7O4S2/c1-19-7-12-25(17-20(19)2)31-30-32-28(36-34-21(3)23-8-13-26(14-9-23)42(5,38)39)18-29(33-30)37-35-22(4)24-10-15-27(16-11-24)43(6,40)41/h7-18H,1-6H3,(H3,31,32,33,36,37). The summed E-state index contributed by atoms with van der Waals surface area (Å²) in [6.07, 6.45) is 2.32. The van der Waals surface area contributed by atoms with E-state index in [1.54, 1.807) is 44.2 Å². The Balaban J connectivity index is 1.61. The molecule has 224 valence electrons. The molecule has 0 saturated heterocycles. The average Bonchev–Trinajstić information content (AvgIpc) is 2.96. The Labute approximate surface area is 252 Å². The Morgan fingerprint density at radius 1 is 0.628 bits per heavy atom. The lowest BCUT2D eigenvalue weighted by Gasteiger charge is -2.11. The van der Waals surface area contributed by atoms with Crippen molar-refractivity contribution in [3.8, 4) is 0 Å². The number of hydrogen-bond acceptors (Lipinski definition) is 11. The molecule has 4 rings (SSSR count). The molecular weight excluding hydrogens is 587 g/mol. The lowest BCUT2D eigenvalue weighted by atomic mass is 10.1. The molecule has 0 saturated carbocycles. The molecule has 3 N–H and O–H groups in total. The van der Waals surface area contributed by atoms with Crippen LogP contribution in [-0.4, -0.2) is 50.7 Å². The van der Waals surface area contributed by atoms with Crippen LogP contribution in [0.5, 0.6) is 0 Å². The number of sulfone groups is 2.